The number of imide groups is 1. The lowest BCUT2D eigenvalue weighted by Gasteiger charge is -2.46. The predicted octanol–water partition coefficient (Wildman–Crippen LogP) is 1.02. The van der Waals surface area contributed by atoms with E-state index in [-0.39, 0.29) is 37.9 Å². The SMILES string of the molecule is NC(N)=NCCC[C@H]1C(=O)N(C(=O)N2CCN(C(=O)CCCCCc3ccccc3)CC2)[C@@H]1C(=O)O. The lowest BCUT2D eigenvalue weighted by atomic mass is 9.84. The van der Waals surface area contributed by atoms with Gasteiger partial charge in [-0.3, -0.25) is 14.6 Å². The normalized spacial score (nSPS) is 19.6. The highest BCUT2D eigenvalue weighted by molar-refractivity contribution is 6.07. The molecule has 11 nitrogen and oxygen atoms in total. The van der Waals surface area contributed by atoms with Gasteiger partial charge in [0.15, 0.2) is 12.0 Å². The topological polar surface area (TPSA) is 163 Å². The Labute approximate surface area is 211 Å². The highest BCUT2D eigenvalue weighted by atomic mass is 16.4. The average Bonchev–Trinajstić information content (AvgIpc) is 2.86. The zero-order chi connectivity index (χ0) is 26.1. The summed E-state index contributed by atoms with van der Waals surface area (Å²) < 4.78 is 0. The highest BCUT2D eigenvalue weighted by Crippen LogP contribution is 2.32. The Morgan fingerprint density at radius 3 is 2.25 bits per heavy atom. The van der Waals surface area contributed by atoms with Crippen LogP contribution >= 0.6 is 0 Å². The summed E-state index contributed by atoms with van der Waals surface area (Å²) in [4.78, 5) is 57.7. The van der Waals surface area contributed by atoms with Crippen LogP contribution in [0.15, 0.2) is 35.3 Å². The second kappa shape index (κ2) is 12.9. The average molecular weight is 501 g/mol. The first-order valence-electron chi connectivity index (χ1n) is 12.5. The Hall–Kier alpha value is -3.63. The van der Waals surface area contributed by atoms with Gasteiger partial charge in [-0.15, -0.1) is 0 Å². The molecule has 36 heavy (non-hydrogen) atoms. The van der Waals surface area contributed by atoms with Crippen LogP contribution in [0.25, 0.3) is 0 Å². The van der Waals surface area contributed by atoms with Crippen LogP contribution in [0.4, 0.5) is 4.79 Å². The molecule has 2 fully saturated rings. The van der Waals surface area contributed by atoms with Crippen LogP contribution in [0.2, 0.25) is 0 Å². The number of unbranched alkanes of at least 4 members (excludes halogenated alkanes) is 2. The molecule has 0 unspecified atom stereocenters. The van der Waals surface area contributed by atoms with Crippen molar-refractivity contribution < 1.29 is 24.3 Å². The maximum absolute atomic E-state index is 12.9. The van der Waals surface area contributed by atoms with Gasteiger partial charge in [-0.1, -0.05) is 36.8 Å². The zero-order valence-electron chi connectivity index (χ0n) is 20.6. The lowest BCUT2D eigenvalue weighted by Crippen LogP contribution is -2.69. The molecule has 4 amide bonds. The van der Waals surface area contributed by atoms with Gasteiger partial charge in [-0.2, -0.15) is 0 Å². The number of carboxylic acid groups (broad SMARTS) is 1. The molecule has 0 spiro atoms. The minimum absolute atomic E-state index is 0.0612. The van der Waals surface area contributed by atoms with E-state index < -0.39 is 29.9 Å². The number of hydrogen-bond acceptors (Lipinski definition) is 5. The molecule has 2 atom stereocenters. The fourth-order valence-corrected chi connectivity index (χ4v) is 4.73. The van der Waals surface area contributed by atoms with Gasteiger partial charge < -0.3 is 26.4 Å². The number of aryl methyl sites for hydroxylation is 1. The molecule has 2 aliphatic rings. The molecule has 2 aliphatic heterocycles. The number of amides is 4. The summed E-state index contributed by atoms with van der Waals surface area (Å²) in [6.07, 6.45) is 5.01. The Kier molecular flexibility index (Phi) is 9.66. The largest absolute Gasteiger partial charge is 0.480 e. The Morgan fingerprint density at radius 2 is 1.61 bits per heavy atom. The fourth-order valence-electron chi connectivity index (χ4n) is 4.73. The molecule has 2 heterocycles. The number of β-lactam (4-membered cyclic amide) rings is 1. The maximum atomic E-state index is 12.9. The number of carbonyl (C=O) groups is 4. The number of benzene rings is 1. The molecule has 0 radical (unpaired) electrons. The van der Waals surface area contributed by atoms with Crippen molar-refractivity contribution in [3.63, 3.8) is 0 Å². The van der Waals surface area contributed by atoms with Crippen molar-refractivity contribution in [2.75, 3.05) is 32.7 Å². The molecule has 0 saturated carbocycles. The highest BCUT2D eigenvalue weighted by Gasteiger charge is 2.55. The van der Waals surface area contributed by atoms with Crippen molar-refractivity contribution >= 4 is 29.8 Å². The molecule has 2 saturated heterocycles. The second-order valence-corrected chi connectivity index (χ2v) is 9.24. The van der Waals surface area contributed by atoms with Gasteiger partial charge in [-0.05, 0) is 37.7 Å². The monoisotopic (exact) mass is 500 g/mol. The number of hydrogen-bond donors (Lipinski definition) is 3. The van der Waals surface area contributed by atoms with Crippen molar-refractivity contribution in [2.45, 2.75) is 51.0 Å². The van der Waals surface area contributed by atoms with E-state index in [4.69, 9.17) is 11.5 Å². The van der Waals surface area contributed by atoms with Crippen LogP contribution in [0.1, 0.15) is 44.1 Å². The van der Waals surface area contributed by atoms with Crippen LogP contribution in [-0.2, 0) is 20.8 Å². The molecule has 1 aromatic carbocycles. The third kappa shape index (κ3) is 6.96. The molecule has 196 valence electrons. The van der Waals surface area contributed by atoms with Crippen LogP contribution in [0.5, 0.6) is 0 Å². The molecule has 5 N–H and O–H groups in total. The van der Waals surface area contributed by atoms with Gasteiger partial charge in [0.1, 0.15) is 0 Å². The van der Waals surface area contributed by atoms with Gasteiger partial charge >= 0.3 is 12.0 Å². The quantitative estimate of drug-likeness (QED) is 0.177. The van der Waals surface area contributed by atoms with Gasteiger partial charge in [0.25, 0.3) is 0 Å². The zero-order valence-corrected chi connectivity index (χ0v) is 20.6. The Morgan fingerprint density at radius 1 is 0.944 bits per heavy atom. The smallest absolute Gasteiger partial charge is 0.327 e. The van der Waals surface area contributed by atoms with E-state index in [9.17, 15) is 24.3 Å². The number of carbonyl (C=O) groups excluding carboxylic acids is 3. The van der Waals surface area contributed by atoms with Crippen molar-refractivity contribution in [2.24, 2.45) is 22.4 Å². The standard InChI is InChI=1S/C25H36N6O5/c26-24(27)28-13-7-11-19-21(23(34)35)31(22(19)33)25(36)30-16-14-29(15-17-30)20(32)12-6-2-5-10-18-8-3-1-4-9-18/h1,3-4,8-9,19,21H,2,5-7,10-17H2,(H,34,35)(H4,26,27,28)/t19-,21+/m1/s1. The van der Waals surface area contributed by atoms with E-state index >= 15 is 0 Å². The predicted molar refractivity (Wildman–Crippen MR) is 134 cm³/mol. The van der Waals surface area contributed by atoms with E-state index in [0.717, 1.165) is 30.6 Å². The van der Waals surface area contributed by atoms with E-state index in [2.05, 4.69) is 17.1 Å². The van der Waals surface area contributed by atoms with Crippen LogP contribution < -0.4 is 11.5 Å². The van der Waals surface area contributed by atoms with Crippen LogP contribution in [-0.4, -0.2) is 88.3 Å². The number of carboxylic acids is 1. The third-order valence-corrected chi connectivity index (χ3v) is 6.74. The van der Waals surface area contributed by atoms with Gasteiger partial charge in [-0.25, -0.2) is 14.5 Å². The second-order valence-electron chi connectivity index (χ2n) is 9.24. The summed E-state index contributed by atoms with van der Waals surface area (Å²) in [7, 11) is 0. The van der Waals surface area contributed by atoms with E-state index in [1.165, 1.54) is 10.5 Å². The maximum Gasteiger partial charge on any atom is 0.327 e. The van der Waals surface area contributed by atoms with Crippen LogP contribution in [0, 0.1) is 5.92 Å². The van der Waals surface area contributed by atoms with E-state index in [1.54, 1.807) is 4.90 Å². The number of rotatable bonds is 11. The first kappa shape index (κ1) is 27.0. The summed E-state index contributed by atoms with van der Waals surface area (Å²) in [6, 6.07) is 8.45. The van der Waals surface area contributed by atoms with Gasteiger partial charge in [0.05, 0.1) is 5.92 Å². The fraction of sp³-hybridized carbons (Fsp3) is 0.560. The number of likely N-dealkylation sites (tertiary alicyclic amines) is 1. The molecule has 1 aromatic rings. The Bertz CT molecular complexity index is 957. The van der Waals surface area contributed by atoms with Gasteiger partial charge in [0, 0.05) is 39.1 Å². The van der Waals surface area contributed by atoms with Crippen molar-refractivity contribution in [3.8, 4) is 0 Å². The summed E-state index contributed by atoms with van der Waals surface area (Å²) in [5.41, 5.74) is 11.8. The summed E-state index contributed by atoms with van der Waals surface area (Å²) in [5.74, 6) is -2.49. The number of aliphatic carboxylic acids is 1. The molecule has 0 bridgehead atoms. The number of piperazine rings is 1. The summed E-state index contributed by atoms with van der Waals surface area (Å²) in [6.45, 7) is 1.57. The van der Waals surface area contributed by atoms with Crippen molar-refractivity contribution in [3.05, 3.63) is 35.9 Å². The van der Waals surface area contributed by atoms with E-state index in [1.807, 2.05) is 18.2 Å². The minimum atomic E-state index is -1.21. The lowest BCUT2D eigenvalue weighted by molar-refractivity contribution is -0.167. The number of nitrogens with zero attached hydrogens (tertiary/aromatic N) is 4. The van der Waals surface area contributed by atoms with Crippen molar-refractivity contribution in [1.29, 1.82) is 0 Å². The number of urea groups is 1. The molecule has 0 aliphatic carbocycles. The first-order valence-corrected chi connectivity index (χ1v) is 12.5. The number of aliphatic imine (C=N–C) groups is 1. The minimum Gasteiger partial charge on any atom is -0.480 e. The molecular formula is C25H36N6O5. The third-order valence-electron chi connectivity index (χ3n) is 6.74. The summed E-state index contributed by atoms with van der Waals surface area (Å²) >= 11 is 0. The molecular weight excluding hydrogens is 464 g/mol. The van der Waals surface area contributed by atoms with Crippen molar-refractivity contribution in [1.82, 2.24) is 14.7 Å². The molecule has 11 heteroatoms. The first-order chi connectivity index (χ1) is 17.3. The number of nitrogens with two attached hydrogens (primary N) is 2. The Balaban J connectivity index is 1.39. The summed E-state index contributed by atoms with van der Waals surface area (Å²) in [5, 5.41) is 9.60. The van der Waals surface area contributed by atoms with E-state index in [0.29, 0.717) is 25.9 Å². The van der Waals surface area contributed by atoms with Gasteiger partial charge in [0.2, 0.25) is 11.8 Å². The number of guanidine groups is 1. The van der Waals surface area contributed by atoms with Crippen LogP contribution in [0.3, 0.4) is 0 Å². The molecule has 0 aromatic heterocycles. The molecule has 3 rings (SSSR count).